The summed E-state index contributed by atoms with van der Waals surface area (Å²) in [4.78, 5) is 26.2. The fraction of sp³-hybridized carbons (Fsp3) is 0.500. The van der Waals surface area contributed by atoms with Crippen LogP contribution in [0, 0.1) is 16.0 Å². The normalized spacial score (nSPS) is 14.6. The minimum Gasteiger partial charge on any atom is -0.373 e. The van der Waals surface area contributed by atoms with Crippen LogP contribution in [-0.2, 0) is 0 Å². The van der Waals surface area contributed by atoms with E-state index in [0.29, 0.717) is 18.3 Å². The molecule has 1 fully saturated rings. The number of pyridine rings is 1. The smallest absolute Gasteiger partial charge is 0.300 e. The summed E-state index contributed by atoms with van der Waals surface area (Å²) in [5, 5.41) is 16.4. The van der Waals surface area contributed by atoms with Crippen LogP contribution in [-0.4, -0.2) is 29.4 Å². The van der Waals surface area contributed by atoms with Crippen molar-refractivity contribution in [2.75, 3.05) is 18.9 Å². The van der Waals surface area contributed by atoms with Crippen molar-refractivity contribution in [3.8, 4) is 0 Å². The van der Waals surface area contributed by atoms with E-state index in [-0.39, 0.29) is 11.3 Å². The van der Waals surface area contributed by atoms with Crippen LogP contribution < -0.4 is 10.6 Å². The van der Waals surface area contributed by atoms with E-state index in [1.165, 1.54) is 12.5 Å². The molecular formula is C12H16N4O3. The number of nitrogens with one attached hydrogen (secondary N) is 2. The van der Waals surface area contributed by atoms with Gasteiger partial charge in [0.15, 0.2) is 0 Å². The SMILES string of the molecule is CNc1cc(C(=O)NCC2CCC2)c([N+](=O)[O-])cn1. The lowest BCUT2D eigenvalue weighted by molar-refractivity contribution is -0.385. The van der Waals surface area contributed by atoms with Gasteiger partial charge >= 0.3 is 0 Å². The molecule has 1 aromatic rings. The van der Waals surface area contributed by atoms with Crippen molar-refractivity contribution in [1.82, 2.24) is 10.3 Å². The van der Waals surface area contributed by atoms with Gasteiger partial charge in [-0.05, 0) is 18.8 Å². The molecule has 102 valence electrons. The Bertz CT molecular complexity index is 500. The number of aromatic nitrogens is 1. The molecule has 1 aliphatic rings. The van der Waals surface area contributed by atoms with Crippen LogP contribution in [0.4, 0.5) is 11.5 Å². The summed E-state index contributed by atoms with van der Waals surface area (Å²) in [5.74, 6) is 0.519. The van der Waals surface area contributed by atoms with Crippen LogP contribution in [0.15, 0.2) is 12.3 Å². The molecule has 0 saturated heterocycles. The third kappa shape index (κ3) is 2.98. The average molecular weight is 264 g/mol. The second-order valence-electron chi connectivity index (χ2n) is 4.60. The van der Waals surface area contributed by atoms with E-state index in [2.05, 4.69) is 15.6 Å². The number of amides is 1. The molecule has 1 saturated carbocycles. The molecule has 2 N–H and O–H groups in total. The highest BCUT2D eigenvalue weighted by Gasteiger charge is 2.23. The Kier molecular flexibility index (Phi) is 3.94. The number of nitrogens with zero attached hydrogens (tertiary/aromatic N) is 2. The van der Waals surface area contributed by atoms with Crippen molar-refractivity contribution in [2.24, 2.45) is 5.92 Å². The molecule has 0 radical (unpaired) electrons. The maximum absolute atomic E-state index is 12.0. The van der Waals surface area contributed by atoms with Crippen molar-refractivity contribution < 1.29 is 9.72 Å². The second-order valence-corrected chi connectivity index (χ2v) is 4.60. The molecule has 1 heterocycles. The minimum absolute atomic E-state index is 0.0451. The Morgan fingerprint density at radius 2 is 2.32 bits per heavy atom. The van der Waals surface area contributed by atoms with Crippen molar-refractivity contribution in [3.05, 3.63) is 27.9 Å². The fourth-order valence-electron chi connectivity index (χ4n) is 1.94. The van der Waals surface area contributed by atoms with E-state index in [1.807, 2.05) is 0 Å². The van der Waals surface area contributed by atoms with Crippen LogP contribution >= 0.6 is 0 Å². The summed E-state index contributed by atoms with van der Waals surface area (Å²) >= 11 is 0. The summed E-state index contributed by atoms with van der Waals surface area (Å²) in [6, 6.07) is 1.40. The van der Waals surface area contributed by atoms with E-state index in [0.717, 1.165) is 19.0 Å². The number of hydrogen-bond acceptors (Lipinski definition) is 5. The molecule has 1 aliphatic carbocycles. The Hall–Kier alpha value is -2.18. The van der Waals surface area contributed by atoms with Gasteiger partial charge < -0.3 is 10.6 Å². The zero-order valence-electron chi connectivity index (χ0n) is 10.7. The lowest BCUT2D eigenvalue weighted by Gasteiger charge is -2.25. The number of carbonyl (C=O) groups is 1. The quantitative estimate of drug-likeness (QED) is 0.621. The summed E-state index contributed by atoms with van der Waals surface area (Å²) < 4.78 is 0. The second kappa shape index (κ2) is 5.64. The standard InChI is InChI=1S/C12H16N4O3/c1-13-11-5-9(10(7-14-11)16(18)19)12(17)15-6-8-3-2-4-8/h5,7-8H,2-4,6H2,1H3,(H,13,14)(H,15,17). The van der Waals surface area contributed by atoms with Gasteiger partial charge in [0.05, 0.1) is 4.92 Å². The molecule has 7 nitrogen and oxygen atoms in total. The van der Waals surface area contributed by atoms with Gasteiger partial charge in [-0.3, -0.25) is 14.9 Å². The Balaban J connectivity index is 2.14. The van der Waals surface area contributed by atoms with Crippen molar-refractivity contribution >= 4 is 17.4 Å². The molecule has 0 aromatic carbocycles. The van der Waals surface area contributed by atoms with Crippen molar-refractivity contribution in [3.63, 3.8) is 0 Å². The lowest BCUT2D eigenvalue weighted by atomic mass is 9.85. The van der Waals surface area contributed by atoms with E-state index in [1.54, 1.807) is 7.05 Å². The molecular weight excluding hydrogens is 248 g/mol. The average Bonchev–Trinajstić information content (AvgIpc) is 2.35. The number of nitro groups is 1. The Morgan fingerprint density at radius 3 is 2.84 bits per heavy atom. The predicted octanol–water partition coefficient (Wildman–Crippen LogP) is 1.56. The van der Waals surface area contributed by atoms with Crippen LogP contribution in [0.5, 0.6) is 0 Å². The van der Waals surface area contributed by atoms with Gasteiger partial charge in [-0.25, -0.2) is 4.98 Å². The first kappa shape index (κ1) is 13.3. The number of carbonyl (C=O) groups excluding carboxylic acids is 1. The van der Waals surface area contributed by atoms with Gasteiger partial charge in [0, 0.05) is 19.7 Å². The molecule has 1 amide bonds. The molecule has 0 bridgehead atoms. The first-order valence-corrected chi connectivity index (χ1v) is 6.22. The first-order valence-electron chi connectivity index (χ1n) is 6.22. The van der Waals surface area contributed by atoms with Gasteiger partial charge in [0.2, 0.25) is 0 Å². The number of hydrogen-bond donors (Lipinski definition) is 2. The van der Waals surface area contributed by atoms with Crippen LogP contribution in [0.1, 0.15) is 29.6 Å². The highest BCUT2D eigenvalue weighted by atomic mass is 16.6. The Morgan fingerprint density at radius 1 is 1.58 bits per heavy atom. The third-order valence-electron chi connectivity index (χ3n) is 3.36. The first-order chi connectivity index (χ1) is 9.11. The third-order valence-corrected chi connectivity index (χ3v) is 3.36. The van der Waals surface area contributed by atoms with E-state index in [4.69, 9.17) is 0 Å². The fourth-order valence-corrected chi connectivity index (χ4v) is 1.94. The van der Waals surface area contributed by atoms with E-state index < -0.39 is 10.8 Å². The van der Waals surface area contributed by atoms with Gasteiger partial charge in [-0.15, -0.1) is 0 Å². The molecule has 7 heteroatoms. The lowest BCUT2D eigenvalue weighted by Crippen LogP contribution is -2.32. The topological polar surface area (TPSA) is 97.2 Å². The zero-order chi connectivity index (χ0) is 13.8. The molecule has 1 aromatic heterocycles. The minimum atomic E-state index is -0.593. The van der Waals surface area contributed by atoms with Gasteiger partial charge in [0.25, 0.3) is 11.6 Å². The molecule has 0 unspecified atom stereocenters. The highest BCUT2D eigenvalue weighted by Crippen LogP contribution is 2.26. The summed E-state index contributed by atoms with van der Waals surface area (Å²) in [6.07, 6.45) is 4.52. The van der Waals surface area contributed by atoms with Crippen LogP contribution in [0.3, 0.4) is 0 Å². The maximum Gasteiger partial charge on any atom is 0.300 e. The monoisotopic (exact) mass is 264 g/mol. The molecule has 19 heavy (non-hydrogen) atoms. The summed E-state index contributed by atoms with van der Waals surface area (Å²) in [7, 11) is 1.64. The molecule has 2 rings (SSSR count). The number of anilines is 1. The predicted molar refractivity (Wildman–Crippen MR) is 70.1 cm³/mol. The highest BCUT2D eigenvalue weighted by molar-refractivity contribution is 5.98. The zero-order valence-corrected chi connectivity index (χ0v) is 10.7. The van der Waals surface area contributed by atoms with Gasteiger partial charge in [-0.1, -0.05) is 6.42 Å². The van der Waals surface area contributed by atoms with Crippen LogP contribution in [0.25, 0.3) is 0 Å². The molecule has 0 atom stereocenters. The number of rotatable bonds is 5. The van der Waals surface area contributed by atoms with Crippen molar-refractivity contribution in [2.45, 2.75) is 19.3 Å². The Labute approximate surface area is 110 Å². The summed E-state index contributed by atoms with van der Waals surface area (Å²) in [6.45, 7) is 0.577. The molecule has 0 aliphatic heterocycles. The van der Waals surface area contributed by atoms with Gasteiger partial charge in [-0.2, -0.15) is 0 Å². The largest absolute Gasteiger partial charge is 0.373 e. The summed E-state index contributed by atoms with van der Waals surface area (Å²) in [5.41, 5.74) is -0.228. The van der Waals surface area contributed by atoms with Crippen LogP contribution in [0.2, 0.25) is 0 Å². The molecule has 0 spiro atoms. The van der Waals surface area contributed by atoms with Gasteiger partial charge in [0.1, 0.15) is 17.6 Å². The van der Waals surface area contributed by atoms with Crippen molar-refractivity contribution in [1.29, 1.82) is 0 Å². The maximum atomic E-state index is 12.0. The van der Waals surface area contributed by atoms with E-state index >= 15 is 0 Å². The van der Waals surface area contributed by atoms with E-state index in [9.17, 15) is 14.9 Å².